The molecule has 0 aromatic heterocycles. The summed E-state index contributed by atoms with van der Waals surface area (Å²) < 4.78 is 0. The number of amides is 2. The highest BCUT2D eigenvalue weighted by atomic mass is 16.2. The molecule has 0 saturated heterocycles. The van der Waals surface area contributed by atoms with Gasteiger partial charge in [0.05, 0.1) is 6.04 Å². The Bertz CT molecular complexity index is 213. The molecule has 0 heterocycles. The van der Waals surface area contributed by atoms with Crippen LogP contribution in [-0.2, 0) is 14.4 Å². The molecule has 0 fully saturated rings. The second kappa shape index (κ2) is 4.48. The molecular formula is C7H12N2O3. The summed E-state index contributed by atoms with van der Waals surface area (Å²) in [7, 11) is 1.36. The van der Waals surface area contributed by atoms with E-state index in [1.807, 2.05) is 0 Å². The molecule has 0 aliphatic rings. The Balaban J connectivity index is 4.10. The van der Waals surface area contributed by atoms with Gasteiger partial charge in [-0.1, -0.05) is 0 Å². The Labute approximate surface area is 70.5 Å². The molecule has 0 bridgehead atoms. The first-order chi connectivity index (χ1) is 5.49. The zero-order chi connectivity index (χ0) is 9.72. The lowest BCUT2D eigenvalue weighted by molar-refractivity contribution is -0.139. The number of nitrogens with one attached hydrogen (secondary N) is 2. The van der Waals surface area contributed by atoms with Crippen molar-refractivity contribution in [1.29, 1.82) is 0 Å². The van der Waals surface area contributed by atoms with Crippen molar-refractivity contribution in [2.24, 2.45) is 0 Å². The number of carbonyl (C=O) groups excluding carboxylic acids is 3. The summed E-state index contributed by atoms with van der Waals surface area (Å²) in [5.74, 6) is -1.68. The van der Waals surface area contributed by atoms with Crippen LogP contribution in [0.1, 0.15) is 13.8 Å². The summed E-state index contributed by atoms with van der Waals surface area (Å²) in [5.41, 5.74) is 0. The van der Waals surface area contributed by atoms with Gasteiger partial charge in [0, 0.05) is 14.0 Å². The maximum atomic E-state index is 11.0. The Morgan fingerprint density at radius 2 is 1.75 bits per heavy atom. The fourth-order valence-corrected chi connectivity index (χ4v) is 0.690. The minimum Gasteiger partial charge on any atom is -0.353 e. The van der Waals surface area contributed by atoms with Crippen molar-refractivity contribution < 1.29 is 14.4 Å². The molecule has 0 aromatic carbocycles. The van der Waals surface area contributed by atoms with Gasteiger partial charge >= 0.3 is 0 Å². The fraction of sp³-hybridized carbons (Fsp3) is 0.571. The van der Waals surface area contributed by atoms with E-state index < -0.39 is 17.7 Å². The predicted octanol–water partition coefficient (Wildman–Crippen LogP) is -1.17. The largest absolute Gasteiger partial charge is 0.353 e. The predicted molar refractivity (Wildman–Crippen MR) is 42.4 cm³/mol. The Morgan fingerprint density at radius 3 is 2.08 bits per heavy atom. The summed E-state index contributed by atoms with van der Waals surface area (Å²) >= 11 is 0. The number of likely N-dealkylation sites (N-methyl/N-ethyl adjacent to an activating group) is 1. The summed E-state index contributed by atoms with van der Waals surface area (Å²) in [6, 6.07) is -0.762. The maximum Gasteiger partial charge on any atom is 0.289 e. The van der Waals surface area contributed by atoms with Crippen molar-refractivity contribution in [3.8, 4) is 0 Å². The smallest absolute Gasteiger partial charge is 0.289 e. The lowest BCUT2D eigenvalue weighted by Gasteiger charge is -2.08. The van der Waals surface area contributed by atoms with Gasteiger partial charge in [-0.05, 0) is 6.92 Å². The van der Waals surface area contributed by atoms with Crippen LogP contribution < -0.4 is 10.6 Å². The Hall–Kier alpha value is -1.39. The van der Waals surface area contributed by atoms with Crippen LogP contribution >= 0.6 is 0 Å². The van der Waals surface area contributed by atoms with E-state index in [1.54, 1.807) is 0 Å². The normalized spacial score (nSPS) is 11.6. The Kier molecular flexibility index (Phi) is 3.96. The van der Waals surface area contributed by atoms with Crippen LogP contribution in [-0.4, -0.2) is 30.7 Å². The summed E-state index contributed by atoms with van der Waals surface area (Å²) in [5, 5.41) is 4.49. The van der Waals surface area contributed by atoms with E-state index in [2.05, 4.69) is 10.6 Å². The molecule has 0 saturated carbocycles. The maximum absolute atomic E-state index is 11.0. The molecule has 1 unspecified atom stereocenters. The molecule has 68 valence electrons. The highest BCUT2D eigenvalue weighted by Crippen LogP contribution is 1.84. The minimum atomic E-state index is -0.762. The SMILES string of the molecule is CNC(=O)C(=O)C(C)NC(C)=O. The number of ketones is 1. The van der Waals surface area contributed by atoms with Gasteiger partial charge in [0.1, 0.15) is 0 Å². The third-order valence-electron chi connectivity index (χ3n) is 1.26. The van der Waals surface area contributed by atoms with Crippen LogP contribution in [0.4, 0.5) is 0 Å². The van der Waals surface area contributed by atoms with E-state index >= 15 is 0 Å². The second-order valence-electron chi connectivity index (χ2n) is 2.37. The van der Waals surface area contributed by atoms with Crippen molar-refractivity contribution in [1.82, 2.24) is 10.6 Å². The minimum absolute atomic E-state index is 0.334. The molecule has 0 aliphatic heterocycles. The topological polar surface area (TPSA) is 75.3 Å². The highest BCUT2D eigenvalue weighted by molar-refractivity contribution is 6.38. The Morgan fingerprint density at radius 1 is 1.25 bits per heavy atom. The zero-order valence-corrected chi connectivity index (χ0v) is 7.30. The first kappa shape index (κ1) is 10.6. The van der Waals surface area contributed by atoms with E-state index in [4.69, 9.17) is 0 Å². The third-order valence-corrected chi connectivity index (χ3v) is 1.26. The summed E-state index contributed by atoms with van der Waals surface area (Å²) in [6.07, 6.45) is 0. The molecule has 0 aliphatic carbocycles. The van der Waals surface area contributed by atoms with Crippen LogP contribution in [0.3, 0.4) is 0 Å². The monoisotopic (exact) mass is 172 g/mol. The van der Waals surface area contributed by atoms with Crippen molar-refractivity contribution in [3.05, 3.63) is 0 Å². The van der Waals surface area contributed by atoms with E-state index in [0.29, 0.717) is 0 Å². The molecule has 2 N–H and O–H groups in total. The van der Waals surface area contributed by atoms with Gasteiger partial charge < -0.3 is 10.6 Å². The molecular weight excluding hydrogens is 160 g/mol. The first-order valence-electron chi connectivity index (χ1n) is 3.52. The summed E-state index contributed by atoms with van der Waals surface area (Å²) in [4.78, 5) is 32.2. The summed E-state index contributed by atoms with van der Waals surface area (Å²) in [6.45, 7) is 2.74. The number of rotatable bonds is 3. The standard InChI is InChI=1S/C7H12N2O3/c1-4(9-5(2)10)6(11)7(12)8-3/h4H,1-3H3,(H,8,12)(H,9,10). The average Bonchev–Trinajstić information content (AvgIpc) is 2.00. The first-order valence-corrected chi connectivity index (χ1v) is 3.52. The van der Waals surface area contributed by atoms with E-state index in [9.17, 15) is 14.4 Å². The number of Topliss-reactive ketones (excluding diaryl/α,β-unsaturated/α-hetero) is 1. The average molecular weight is 172 g/mol. The third kappa shape index (κ3) is 3.14. The van der Waals surface area contributed by atoms with Gasteiger partial charge in [-0.25, -0.2) is 0 Å². The molecule has 1 atom stereocenters. The van der Waals surface area contributed by atoms with Gasteiger partial charge in [-0.2, -0.15) is 0 Å². The molecule has 0 spiro atoms. The molecule has 0 radical (unpaired) electrons. The molecule has 0 rings (SSSR count). The quantitative estimate of drug-likeness (QED) is 0.526. The van der Waals surface area contributed by atoms with Crippen molar-refractivity contribution >= 4 is 17.6 Å². The van der Waals surface area contributed by atoms with Crippen LogP contribution in [0.25, 0.3) is 0 Å². The molecule has 5 nitrogen and oxygen atoms in total. The zero-order valence-electron chi connectivity index (χ0n) is 7.30. The lowest BCUT2D eigenvalue weighted by atomic mass is 10.2. The van der Waals surface area contributed by atoms with Crippen LogP contribution in [0, 0.1) is 0 Å². The van der Waals surface area contributed by atoms with Crippen LogP contribution in [0.2, 0.25) is 0 Å². The van der Waals surface area contributed by atoms with Crippen LogP contribution in [0.5, 0.6) is 0 Å². The van der Waals surface area contributed by atoms with E-state index in [0.717, 1.165) is 0 Å². The number of hydrogen-bond acceptors (Lipinski definition) is 3. The van der Waals surface area contributed by atoms with Gasteiger partial charge in [-0.3, -0.25) is 14.4 Å². The molecule has 12 heavy (non-hydrogen) atoms. The fourth-order valence-electron chi connectivity index (χ4n) is 0.690. The van der Waals surface area contributed by atoms with Gasteiger partial charge in [0.2, 0.25) is 11.7 Å². The van der Waals surface area contributed by atoms with Crippen molar-refractivity contribution in [2.45, 2.75) is 19.9 Å². The van der Waals surface area contributed by atoms with E-state index in [1.165, 1.54) is 20.9 Å². The molecule has 2 amide bonds. The van der Waals surface area contributed by atoms with E-state index in [-0.39, 0.29) is 5.91 Å². The molecule has 0 aromatic rings. The van der Waals surface area contributed by atoms with Gasteiger partial charge in [0.15, 0.2) is 0 Å². The van der Waals surface area contributed by atoms with Gasteiger partial charge in [-0.15, -0.1) is 0 Å². The lowest BCUT2D eigenvalue weighted by Crippen LogP contribution is -2.44. The molecule has 5 heteroatoms. The van der Waals surface area contributed by atoms with Crippen LogP contribution in [0.15, 0.2) is 0 Å². The number of carbonyl (C=O) groups is 3. The van der Waals surface area contributed by atoms with Crippen molar-refractivity contribution in [2.75, 3.05) is 7.05 Å². The second-order valence-corrected chi connectivity index (χ2v) is 2.37. The number of hydrogen-bond donors (Lipinski definition) is 2. The van der Waals surface area contributed by atoms with Gasteiger partial charge in [0.25, 0.3) is 5.91 Å². The highest BCUT2D eigenvalue weighted by Gasteiger charge is 2.19. The van der Waals surface area contributed by atoms with Crippen molar-refractivity contribution in [3.63, 3.8) is 0 Å².